The van der Waals surface area contributed by atoms with Gasteiger partial charge in [0.2, 0.25) is 70.9 Å². The zero-order chi connectivity index (χ0) is 63.0. The van der Waals surface area contributed by atoms with E-state index >= 15 is 0 Å². The second kappa shape index (κ2) is 34.7. The molecule has 0 saturated carbocycles. The Balaban J connectivity index is 2.36. The summed E-state index contributed by atoms with van der Waals surface area (Å²) >= 11 is 3.84. The lowest BCUT2D eigenvalue weighted by molar-refractivity contribution is -0.145. The van der Waals surface area contributed by atoms with Gasteiger partial charge in [-0.25, -0.2) is 4.79 Å². The molecule has 12 atom stereocenters. The van der Waals surface area contributed by atoms with Crippen molar-refractivity contribution in [3.8, 4) is 5.75 Å². The number of hydrogen-bond acceptors (Lipinski definition) is 20. The molecule has 0 aliphatic carbocycles. The number of carboxylic acids is 1. The van der Waals surface area contributed by atoms with E-state index in [0.717, 1.165) is 11.8 Å². The Morgan fingerprint density at radius 3 is 1.57 bits per heavy atom. The van der Waals surface area contributed by atoms with Gasteiger partial charge in [-0.2, -0.15) is 12.6 Å². The minimum Gasteiger partial charge on any atom is -0.508 e. The van der Waals surface area contributed by atoms with Crippen LogP contribution in [0.5, 0.6) is 5.75 Å². The van der Waals surface area contributed by atoms with Gasteiger partial charge in [0.05, 0.1) is 44.9 Å². The number of carbonyl (C=O) groups excluding carboxylic acids is 12. The number of nitrogens with zero attached hydrogens (tertiary/aromatic N) is 1. The van der Waals surface area contributed by atoms with Crippen molar-refractivity contribution in [2.75, 3.05) is 38.7 Å². The molecule has 12 amide bonds. The summed E-state index contributed by atoms with van der Waals surface area (Å²) in [4.78, 5) is 172. The van der Waals surface area contributed by atoms with Crippen LogP contribution in [0, 0.1) is 11.8 Å². The SMILES string of the molecule is CC(C)C[C@H](NC(=O)[C@H](CO)NC(=O)CNC(=O)[C@H](C)N)C(=O)N[C@H](C(=O)N[C@@H](CO)C(=O)N[C@@H](Cc1ccc(O)cc1)C(=O)N[C@H](C(=O)N1CCC[C@H]1C(=O)N[C@@H](CC(N)=O)C(=O)N[C@@H](CO)C(=O)N[C@@H](CS)C(=O)O)[C@@H](C)O)C(C)C. The van der Waals surface area contributed by atoms with Gasteiger partial charge in [-0.1, -0.05) is 39.8 Å². The second-order valence-electron chi connectivity index (χ2n) is 20.4. The van der Waals surface area contributed by atoms with E-state index in [9.17, 15) is 93.0 Å². The fourth-order valence-corrected chi connectivity index (χ4v) is 8.31. The maximum absolute atomic E-state index is 14.3. The van der Waals surface area contributed by atoms with E-state index in [0.29, 0.717) is 5.56 Å². The Bertz CT molecular complexity index is 2470. The number of hydrogen-bond donors (Lipinski definition) is 19. The van der Waals surface area contributed by atoms with Crippen molar-refractivity contribution in [1.29, 1.82) is 0 Å². The molecular weight excluding hydrogens is 1120 g/mol. The molecule has 0 radical (unpaired) electrons. The van der Waals surface area contributed by atoms with Crippen molar-refractivity contribution in [2.24, 2.45) is 23.3 Å². The summed E-state index contributed by atoms with van der Waals surface area (Å²) in [6.45, 7) is 5.18. The van der Waals surface area contributed by atoms with E-state index < -0.39 is 188 Å². The molecule has 33 heteroatoms. The number of likely N-dealkylation sites (tertiary alicyclic amines) is 1. The van der Waals surface area contributed by atoms with E-state index in [-0.39, 0.29) is 49.6 Å². The van der Waals surface area contributed by atoms with E-state index in [1.165, 1.54) is 45.0 Å². The average Bonchev–Trinajstić information content (AvgIpc) is 4.02. The van der Waals surface area contributed by atoms with Crippen LogP contribution in [0.3, 0.4) is 0 Å². The first-order valence-electron chi connectivity index (χ1n) is 26.4. The van der Waals surface area contributed by atoms with Gasteiger partial charge in [0, 0.05) is 18.7 Å². The highest BCUT2D eigenvalue weighted by Gasteiger charge is 2.42. The molecule has 0 spiro atoms. The van der Waals surface area contributed by atoms with Gasteiger partial charge in [-0.15, -0.1) is 0 Å². The van der Waals surface area contributed by atoms with Gasteiger partial charge in [0.1, 0.15) is 66.2 Å². The number of aliphatic hydroxyl groups is 4. The summed E-state index contributed by atoms with van der Waals surface area (Å²) in [5.41, 5.74) is 11.1. The molecule has 0 aromatic heterocycles. The minimum atomic E-state index is -1.85. The molecular formula is C50H79N13O19S. The second-order valence-corrected chi connectivity index (χ2v) is 20.7. The summed E-state index contributed by atoms with van der Waals surface area (Å²) in [7, 11) is 0. The number of carboxylic acid groups (broad SMARTS) is 1. The van der Waals surface area contributed by atoms with Crippen LogP contribution in [-0.4, -0.2) is 224 Å². The molecule has 464 valence electrons. The molecule has 2 rings (SSSR count). The van der Waals surface area contributed by atoms with E-state index in [1.54, 1.807) is 13.8 Å². The van der Waals surface area contributed by atoms with Gasteiger partial charge in [-0.3, -0.25) is 57.5 Å². The van der Waals surface area contributed by atoms with Crippen LogP contribution in [0.2, 0.25) is 0 Å². The molecule has 1 aromatic carbocycles. The fraction of sp³-hybridized carbons (Fsp3) is 0.620. The maximum Gasteiger partial charge on any atom is 0.327 e. The van der Waals surface area contributed by atoms with Gasteiger partial charge < -0.3 is 100 Å². The number of amides is 12. The number of thiol groups is 1. The van der Waals surface area contributed by atoms with Crippen LogP contribution in [-0.2, 0) is 68.7 Å². The lowest BCUT2D eigenvalue weighted by Crippen LogP contribution is -2.63. The van der Waals surface area contributed by atoms with Crippen LogP contribution in [0.1, 0.15) is 72.8 Å². The summed E-state index contributed by atoms with van der Waals surface area (Å²) in [5.74, 6) is -15.3. The Morgan fingerprint density at radius 2 is 1.08 bits per heavy atom. The highest BCUT2D eigenvalue weighted by atomic mass is 32.1. The van der Waals surface area contributed by atoms with Crippen LogP contribution in [0.4, 0.5) is 0 Å². The van der Waals surface area contributed by atoms with E-state index in [2.05, 4.69) is 65.8 Å². The first-order valence-corrected chi connectivity index (χ1v) is 27.0. The monoisotopic (exact) mass is 1200 g/mol. The summed E-state index contributed by atoms with van der Waals surface area (Å²) < 4.78 is 0. The quantitative estimate of drug-likeness (QED) is 0.0285. The molecule has 1 aliphatic rings. The van der Waals surface area contributed by atoms with Crippen molar-refractivity contribution in [3.63, 3.8) is 0 Å². The lowest BCUT2D eigenvalue weighted by Gasteiger charge is -2.32. The van der Waals surface area contributed by atoms with E-state index in [1.807, 2.05) is 0 Å². The van der Waals surface area contributed by atoms with Gasteiger partial charge in [0.25, 0.3) is 0 Å². The third kappa shape index (κ3) is 23.2. The summed E-state index contributed by atoms with van der Waals surface area (Å²) in [5, 5.41) is 83.3. The fourth-order valence-electron chi connectivity index (χ4n) is 8.06. The third-order valence-electron chi connectivity index (χ3n) is 12.6. The highest BCUT2D eigenvalue weighted by Crippen LogP contribution is 2.21. The number of rotatable bonds is 34. The predicted molar refractivity (Wildman–Crippen MR) is 293 cm³/mol. The summed E-state index contributed by atoms with van der Waals surface area (Å²) in [6.07, 6.45) is -2.85. The number of aromatic hydroxyl groups is 1. The standard InChI is InChI=1S/C50H79N13O19S/c1-22(2)14-28(55-44(75)31(18-64)54-37(70)17-53-40(71)24(5)51)42(73)61-38(23(3)4)48(79)59-33(20-66)45(76)56-29(15-26-9-11-27(68)12-10-26)43(74)62-39(25(6)67)49(80)63-13-7-8-35(63)47(78)57-30(16-36(52)69)41(72)58-32(19-65)46(77)60-34(21-83)50(81)82/h9-12,22-25,28-35,38-39,64-68,83H,7-8,13-21,51H2,1-6H3,(H2,52,69)(H,53,71)(H,54,70)(H,55,75)(H,56,76)(H,57,78)(H,58,72)(H,59,79)(H,60,77)(H,61,73)(H,62,74)(H,81,82)/t24-,25+,28-,29-,30-,31-,32-,33-,34-,35-,38-,39-/m0/s1. The summed E-state index contributed by atoms with van der Waals surface area (Å²) in [6, 6.07) is -11.9. The first kappa shape index (κ1) is 71.4. The number of aliphatic hydroxyl groups excluding tert-OH is 4. The molecule has 0 unspecified atom stereocenters. The Kier molecular flexibility index (Phi) is 29.8. The smallest absolute Gasteiger partial charge is 0.327 e. The lowest BCUT2D eigenvalue weighted by atomic mass is 9.99. The van der Waals surface area contributed by atoms with Crippen LogP contribution < -0.4 is 64.6 Å². The minimum absolute atomic E-state index is 0.0176. The van der Waals surface area contributed by atoms with Crippen molar-refractivity contribution in [1.82, 2.24) is 58.1 Å². The number of phenolic OH excluding ortho intramolecular Hbond substituents is 1. The largest absolute Gasteiger partial charge is 0.508 e. The van der Waals surface area contributed by atoms with Crippen molar-refractivity contribution >= 4 is 89.5 Å². The predicted octanol–water partition coefficient (Wildman–Crippen LogP) is -8.30. The molecule has 32 nitrogen and oxygen atoms in total. The number of carbonyl (C=O) groups is 13. The third-order valence-corrected chi connectivity index (χ3v) is 13.0. The van der Waals surface area contributed by atoms with Crippen molar-refractivity contribution < 1.29 is 93.0 Å². The Labute approximate surface area is 482 Å². The number of nitrogens with two attached hydrogens (primary N) is 2. The van der Waals surface area contributed by atoms with E-state index in [4.69, 9.17) is 11.5 Å². The maximum atomic E-state index is 14.3. The zero-order valence-corrected chi connectivity index (χ0v) is 47.6. The van der Waals surface area contributed by atoms with Gasteiger partial charge in [0.15, 0.2) is 0 Å². The van der Waals surface area contributed by atoms with Crippen molar-refractivity contribution in [3.05, 3.63) is 29.8 Å². The molecule has 20 N–H and O–H groups in total. The zero-order valence-electron chi connectivity index (χ0n) is 46.7. The Hall–Kier alpha value is -7.72. The van der Waals surface area contributed by atoms with Gasteiger partial charge >= 0.3 is 5.97 Å². The van der Waals surface area contributed by atoms with Gasteiger partial charge in [-0.05, 0) is 62.6 Å². The number of benzene rings is 1. The average molecular weight is 1200 g/mol. The van der Waals surface area contributed by atoms with Crippen LogP contribution in [0.15, 0.2) is 24.3 Å². The number of phenols is 1. The van der Waals surface area contributed by atoms with Crippen molar-refractivity contribution in [2.45, 2.75) is 146 Å². The Morgan fingerprint density at radius 1 is 0.614 bits per heavy atom. The molecule has 83 heavy (non-hydrogen) atoms. The molecule has 1 fully saturated rings. The number of primary amides is 1. The molecule has 1 aliphatic heterocycles. The molecule has 1 aromatic rings. The molecule has 1 heterocycles. The first-order chi connectivity index (χ1) is 38.9. The molecule has 0 bridgehead atoms. The van der Waals surface area contributed by atoms with Crippen LogP contribution in [0.25, 0.3) is 0 Å². The molecule has 1 saturated heterocycles. The highest BCUT2D eigenvalue weighted by molar-refractivity contribution is 7.80. The number of aliphatic carboxylic acids is 1. The topological polar surface area (TPSA) is 519 Å². The van der Waals surface area contributed by atoms with Crippen LogP contribution >= 0.6 is 12.6 Å². The normalized spacial score (nSPS) is 17.0. The number of nitrogens with one attached hydrogen (secondary N) is 10.